The predicted molar refractivity (Wildman–Crippen MR) is 99.0 cm³/mol. The highest BCUT2D eigenvalue weighted by atomic mass is 16.6. The fraction of sp³-hybridized carbons (Fsp3) is 0.632. The number of hydrogen-bond donors (Lipinski definition) is 2. The van der Waals surface area contributed by atoms with Crippen LogP contribution in [0.4, 0.5) is 4.79 Å². The Balaban J connectivity index is 1.29. The second-order valence-corrected chi connectivity index (χ2v) is 7.57. The largest absolute Gasteiger partial charge is 0.483 e. The van der Waals surface area contributed by atoms with E-state index < -0.39 is 0 Å². The Morgan fingerprint density at radius 1 is 1.29 bits per heavy atom. The highest BCUT2D eigenvalue weighted by Crippen LogP contribution is 2.30. The summed E-state index contributed by atoms with van der Waals surface area (Å²) in [5, 5.41) is 5.89. The van der Waals surface area contributed by atoms with Crippen LogP contribution in [0.15, 0.2) is 18.3 Å². The lowest BCUT2D eigenvalue weighted by atomic mass is 10.1. The van der Waals surface area contributed by atoms with Gasteiger partial charge in [-0.25, -0.2) is 4.79 Å². The van der Waals surface area contributed by atoms with Crippen LogP contribution < -0.4 is 15.4 Å². The minimum absolute atomic E-state index is 0.0463. The summed E-state index contributed by atoms with van der Waals surface area (Å²) in [5.41, 5.74) is 0.814. The van der Waals surface area contributed by atoms with Gasteiger partial charge in [0.05, 0.1) is 24.9 Å². The molecule has 1 aromatic rings. The van der Waals surface area contributed by atoms with Gasteiger partial charge in [-0.3, -0.25) is 9.78 Å². The number of nitrogens with zero attached hydrogens (tertiary/aromatic N) is 2. The Labute approximate surface area is 163 Å². The number of likely N-dealkylation sites (N-methyl/N-ethyl adjacent to an activating group) is 1. The zero-order valence-corrected chi connectivity index (χ0v) is 16.1. The van der Waals surface area contributed by atoms with E-state index >= 15 is 0 Å². The number of hydrogen-bond acceptors (Lipinski definition) is 6. The molecule has 0 spiro atoms. The van der Waals surface area contributed by atoms with Crippen LogP contribution in [0.1, 0.15) is 18.5 Å². The zero-order chi connectivity index (χ0) is 19.7. The van der Waals surface area contributed by atoms with E-state index in [0.29, 0.717) is 38.3 Å². The number of nitrogens with one attached hydrogen (secondary N) is 2. The first-order chi connectivity index (χ1) is 13.5. The lowest BCUT2D eigenvalue weighted by Gasteiger charge is -2.30. The van der Waals surface area contributed by atoms with Crippen LogP contribution in [0.5, 0.6) is 5.75 Å². The number of fused-ring (bicyclic) bond motifs is 1. The SMILES string of the molecule is Cc1ncccc1O[C@H]1CO[C@H]2[C@@H]1OC[C@@H]2NC(=O)NC1CCC(=O)N(C)C1. The Morgan fingerprint density at radius 2 is 2.11 bits per heavy atom. The summed E-state index contributed by atoms with van der Waals surface area (Å²) in [4.78, 5) is 29.8. The van der Waals surface area contributed by atoms with E-state index in [4.69, 9.17) is 14.2 Å². The molecular formula is C19H26N4O5. The van der Waals surface area contributed by atoms with Crippen LogP contribution in [0.25, 0.3) is 0 Å². The molecule has 3 saturated heterocycles. The number of rotatable bonds is 4. The first kappa shape index (κ1) is 18.9. The van der Waals surface area contributed by atoms with E-state index in [-0.39, 0.29) is 42.3 Å². The Morgan fingerprint density at radius 3 is 2.89 bits per heavy atom. The van der Waals surface area contributed by atoms with E-state index in [9.17, 15) is 9.59 Å². The van der Waals surface area contributed by atoms with Crippen LogP contribution in [0.3, 0.4) is 0 Å². The second kappa shape index (κ2) is 7.92. The summed E-state index contributed by atoms with van der Waals surface area (Å²) in [6.45, 7) is 3.19. The van der Waals surface area contributed by atoms with Gasteiger partial charge in [-0.1, -0.05) is 0 Å². The molecule has 3 aliphatic rings. The van der Waals surface area contributed by atoms with Crippen LogP contribution in [0.2, 0.25) is 0 Å². The van der Waals surface area contributed by atoms with Crippen LogP contribution in [-0.2, 0) is 14.3 Å². The number of pyridine rings is 1. The monoisotopic (exact) mass is 390 g/mol. The number of piperidine rings is 1. The van der Waals surface area contributed by atoms with Gasteiger partial charge in [0.1, 0.15) is 18.0 Å². The molecule has 3 amide bonds. The molecule has 0 bridgehead atoms. The van der Waals surface area contributed by atoms with Gasteiger partial charge in [-0.05, 0) is 25.5 Å². The molecule has 0 aliphatic carbocycles. The minimum atomic E-state index is -0.266. The summed E-state index contributed by atoms with van der Waals surface area (Å²) < 4.78 is 17.8. The molecule has 9 nitrogen and oxygen atoms in total. The maximum atomic E-state index is 12.4. The molecule has 28 heavy (non-hydrogen) atoms. The van der Waals surface area contributed by atoms with Gasteiger partial charge in [0.15, 0.2) is 6.10 Å². The van der Waals surface area contributed by atoms with Crippen molar-refractivity contribution in [2.75, 3.05) is 26.8 Å². The van der Waals surface area contributed by atoms with Gasteiger partial charge in [-0.15, -0.1) is 0 Å². The maximum absolute atomic E-state index is 12.4. The number of aromatic nitrogens is 1. The predicted octanol–water partition coefficient (Wildman–Crippen LogP) is 0.224. The lowest BCUT2D eigenvalue weighted by molar-refractivity contribution is -0.132. The Bertz CT molecular complexity index is 745. The average molecular weight is 390 g/mol. The van der Waals surface area contributed by atoms with Crippen molar-refractivity contribution >= 4 is 11.9 Å². The van der Waals surface area contributed by atoms with Crippen molar-refractivity contribution in [3.63, 3.8) is 0 Å². The van der Waals surface area contributed by atoms with Crippen LogP contribution in [0, 0.1) is 6.92 Å². The third-order valence-corrected chi connectivity index (χ3v) is 5.52. The van der Waals surface area contributed by atoms with Crippen LogP contribution in [-0.4, -0.2) is 79.0 Å². The third kappa shape index (κ3) is 3.90. The van der Waals surface area contributed by atoms with Crippen molar-refractivity contribution in [1.82, 2.24) is 20.5 Å². The van der Waals surface area contributed by atoms with Crippen molar-refractivity contribution in [2.45, 2.75) is 50.2 Å². The van der Waals surface area contributed by atoms with Gasteiger partial charge >= 0.3 is 6.03 Å². The molecule has 1 aromatic heterocycles. The van der Waals surface area contributed by atoms with Crippen molar-refractivity contribution in [2.24, 2.45) is 0 Å². The fourth-order valence-electron chi connectivity index (χ4n) is 3.97. The molecule has 3 fully saturated rings. The topological polar surface area (TPSA) is 102 Å². The smallest absolute Gasteiger partial charge is 0.315 e. The second-order valence-electron chi connectivity index (χ2n) is 7.57. The Kier molecular flexibility index (Phi) is 5.36. The summed E-state index contributed by atoms with van der Waals surface area (Å²) in [5.74, 6) is 0.824. The highest BCUT2D eigenvalue weighted by Gasteiger charge is 2.49. The molecular weight excluding hydrogens is 364 g/mol. The number of urea groups is 1. The number of carbonyl (C=O) groups is 2. The highest BCUT2D eigenvalue weighted by molar-refractivity contribution is 5.78. The van der Waals surface area contributed by atoms with E-state index in [1.54, 1.807) is 18.1 Å². The molecule has 0 saturated carbocycles. The molecule has 3 aliphatic heterocycles. The molecule has 152 valence electrons. The first-order valence-corrected chi connectivity index (χ1v) is 9.63. The standard InChI is InChI=1S/C19H26N4O5/c1-11-14(4-3-7-20-11)28-15-10-27-17-13(9-26-18(15)17)22-19(25)21-12-5-6-16(24)23(2)8-12/h3-4,7,12-13,15,17-18H,5-6,8-10H2,1-2H3,(H2,21,22,25)/t12?,13-,15-,17+,18+/m0/s1. The minimum Gasteiger partial charge on any atom is -0.483 e. The summed E-state index contributed by atoms with van der Waals surface area (Å²) in [6, 6.07) is 3.15. The van der Waals surface area contributed by atoms with E-state index in [1.165, 1.54) is 0 Å². The summed E-state index contributed by atoms with van der Waals surface area (Å²) >= 11 is 0. The van der Waals surface area contributed by atoms with Crippen LogP contribution >= 0.6 is 0 Å². The number of amides is 3. The van der Waals surface area contributed by atoms with Crippen molar-refractivity contribution in [3.05, 3.63) is 24.0 Å². The zero-order valence-electron chi connectivity index (χ0n) is 16.1. The van der Waals surface area contributed by atoms with Crippen molar-refractivity contribution < 1.29 is 23.8 Å². The van der Waals surface area contributed by atoms with Gasteiger partial charge in [-0.2, -0.15) is 0 Å². The van der Waals surface area contributed by atoms with Crippen molar-refractivity contribution in [3.8, 4) is 5.75 Å². The fourth-order valence-corrected chi connectivity index (χ4v) is 3.97. The number of carbonyl (C=O) groups excluding carboxylic acids is 2. The molecule has 9 heteroatoms. The summed E-state index contributed by atoms with van der Waals surface area (Å²) in [7, 11) is 1.75. The van der Waals surface area contributed by atoms with E-state index in [0.717, 1.165) is 5.69 Å². The van der Waals surface area contributed by atoms with E-state index in [2.05, 4.69) is 15.6 Å². The van der Waals surface area contributed by atoms with Gasteiger partial charge in [0.2, 0.25) is 5.91 Å². The first-order valence-electron chi connectivity index (χ1n) is 9.63. The van der Waals surface area contributed by atoms with E-state index in [1.807, 2.05) is 19.1 Å². The van der Waals surface area contributed by atoms with Crippen molar-refractivity contribution in [1.29, 1.82) is 0 Å². The van der Waals surface area contributed by atoms with Gasteiger partial charge in [0, 0.05) is 32.3 Å². The summed E-state index contributed by atoms with van der Waals surface area (Å²) in [6.07, 6.45) is 2.11. The number of likely N-dealkylation sites (tertiary alicyclic amines) is 1. The maximum Gasteiger partial charge on any atom is 0.315 e. The lowest BCUT2D eigenvalue weighted by Crippen LogP contribution is -2.54. The molecule has 4 rings (SSSR count). The number of ether oxygens (including phenoxy) is 3. The van der Waals surface area contributed by atoms with Gasteiger partial charge in [0.25, 0.3) is 0 Å². The molecule has 4 heterocycles. The molecule has 0 aromatic carbocycles. The molecule has 0 radical (unpaired) electrons. The number of aryl methyl sites for hydroxylation is 1. The molecule has 2 N–H and O–H groups in total. The van der Waals surface area contributed by atoms with Gasteiger partial charge < -0.3 is 29.7 Å². The third-order valence-electron chi connectivity index (χ3n) is 5.52. The quantitative estimate of drug-likeness (QED) is 0.763. The molecule has 1 unspecified atom stereocenters. The molecule has 5 atom stereocenters. The Hall–Kier alpha value is -2.39. The average Bonchev–Trinajstić information content (AvgIpc) is 3.24. The normalized spacial score (nSPS) is 32.1.